The summed E-state index contributed by atoms with van der Waals surface area (Å²) in [5, 5.41) is 21.8. The Balaban J connectivity index is 1.44. The van der Waals surface area contributed by atoms with Crippen molar-refractivity contribution in [1.82, 2.24) is 20.3 Å². The molecule has 7 heteroatoms. The van der Waals surface area contributed by atoms with Crippen LogP contribution in [0, 0.1) is 0 Å². The Bertz CT molecular complexity index is 816. The number of rotatable bonds is 4. The molecule has 2 N–H and O–H groups in total. The number of likely N-dealkylation sites (tertiary alicyclic amines) is 1. The van der Waals surface area contributed by atoms with E-state index in [2.05, 4.69) is 20.3 Å². The average Bonchev–Trinajstić information content (AvgIpc) is 3.30. The molecule has 1 aliphatic rings. The summed E-state index contributed by atoms with van der Waals surface area (Å²) < 4.78 is 5.93. The van der Waals surface area contributed by atoms with Crippen LogP contribution in [0.3, 0.4) is 0 Å². The topological polar surface area (TPSA) is 78.2 Å². The standard InChI is InChI=1S/C17H17ClN4O2/c18-13-3-1-12(2-4-13)15-6-5-14(24-15)10-22-8-7-17(23,11-22)16-9-19-21-20-16/h1-6,9,23H,7-8,10-11H2,(H,19,20,21)/t17-/m0/s1. The second kappa shape index (κ2) is 6.05. The van der Waals surface area contributed by atoms with E-state index < -0.39 is 5.60 Å². The zero-order valence-electron chi connectivity index (χ0n) is 12.9. The number of furan rings is 1. The van der Waals surface area contributed by atoms with Gasteiger partial charge >= 0.3 is 0 Å². The molecule has 1 saturated heterocycles. The van der Waals surface area contributed by atoms with E-state index in [-0.39, 0.29) is 0 Å². The Morgan fingerprint density at radius 3 is 2.83 bits per heavy atom. The summed E-state index contributed by atoms with van der Waals surface area (Å²) in [7, 11) is 0. The minimum Gasteiger partial charge on any atom is -0.460 e. The predicted octanol–water partition coefficient (Wildman–Crippen LogP) is 2.81. The zero-order chi connectivity index (χ0) is 16.6. The molecule has 3 aromatic rings. The van der Waals surface area contributed by atoms with Crippen LogP contribution in [-0.2, 0) is 12.1 Å². The van der Waals surface area contributed by atoms with Crippen molar-refractivity contribution in [1.29, 1.82) is 0 Å². The summed E-state index contributed by atoms with van der Waals surface area (Å²) in [6, 6.07) is 11.5. The summed E-state index contributed by atoms with van der Waals surface area (Å²) in [6.07, 6.45) is 2.21. The first-order valence-electron chi connectivity index (χ1n) is 7.78. The van der Waals surface area contributed by atoms with Crippen molar-refractivity contribution in [3.05, 3.63) is 59.1 Å². The quantitative estimate of drug-likeness (QED) is 0.761. The van der Waals surface area contributed by atoms with Gasteiger partial charge < -0.3 is 9.52 Å². The van der Waals surface area contributed by atoms with Gasteiger partial charge in [-0.3, -0.25) is 4.90 Å². The van der Waals surface area contributed by atoms with Crippen LogP contribution in [0.4, 0.5) is 0 Å². The third kappa shape index (κ3) is 2.96. The van der Waals surface area contributed by atoms with Gasteiger partial charge in [0.25, 0.3) is 0 Å². The highest BCUT2D eigenvalue weighted by Gasteiger charge is 2.39. The van der Waals surface area contributed by atoms with Crippen molar-refractivity contribution in [3.63, 3.8) is 0 Å². The smallest absolute Gasteiger partial charge is 0.134 e. The molecule has 0 aliphatic carbocycles. The van der Waals surface area contributed by atoms with Gasteiger partial charge in [-0.15, -0.1) is 0 Å². The Morgan fingerprint density at radius 1 is 1.25 bits per heavy atom. The van der Waals surface area contributed by atoms with Crippen LogP contribution >= 0.6 is 11.6 Å². The molecular formula is C17H17ClN4O2. The normalized spacial score (nSPS) is 21.4. The second-order valence-electron chi connectivity index (χ2n) is 6.12. The SMILES string of the molecule is O[C@@]1(c2cn[nH]n2)CCN(Cc2ccc(-c3ccc(Cl)cc3)o2)C1. The van der Waals surface area contributed by atoms with Crippen molar-refractivity contribution >= 4 is 11.6 Å². The van der Waals surface area contributed by atoms with Crippen LogP contribution < -0.4 is 0 Å². The van der Waals surface area contributed by atoms with Crippen molar-refractivity contribution in [3.8, 4) is 11.3 Å². The largest absolute Gasteiger partial charge is 0.460 e. The number of nitrogens with one attached hydrogen (secondary N) is 1. The molecule has 1 fully saturated rings. The van der Waals surface area contributed by atoms with E-state index in [9.17, 15) is 5.11 Å². The van der Waals surface area contributed by atoms with Crippen LogP contribution in [0.2, 0.25) is 5.02 Å². The van der Waals surface area contributed by atoms with Crippen molar-refractivity contribution < 1.29 is 9.52 Å². The molecule has 1 atom stereocenters. The van der Waals surface area contributed by atoms with Gasteiger partial charge in [-0.1, -0.05) is 11.6 Å². The number of aromatic amines is 1. The minimum atomic E-state index is -0.946. The van der Waals surface area contributed by atoms with Crippen LogP contribution in [0.5, 0.6) is 0 Å². The van der Waals surface area contributed by atoms with Crippen LogP contribution in [0.15, 0.2) is 47.0 Å². The van der Waals surface area contributed by atoms with Crippen molar-refractivity contribution in [2.75, 3.05) is 13.1 Å². The first-order valence-corrected chi connectivity index (χ1v) is 8.16. The fraction of sp³-hybridized carbons (Fsp3) is 0.294. The van der Waals surface area contributed by atoms with Gasteiger partial charge in [0, 0.05) is 23.7 Å². The van der Waals surface area contributed by atoms with Crippen LogP contribution in [-0.4, -0.2) is 38.5 Å². The maximum Gasteiger partial charge on any atom is 0.134 e. The lowest BCUT2D eigenvalue weighted by molar-refractivity contribution is 0.0402. The van der Waals surface area contributed by atoms with E-state index in [1.54, 1.807) is 6.20 Å². The molecule has 0 saturated carbocycles. The number of β-amino-alcohol motifs (C(OH)–C–C–N with tert-alkyl or cyclic N) is 1. The van der Waals surface area contributed by atoms with Crippen LogP contribution in [0.1, 0.15) is 17.9 Å². The highest BCUT2D eigenvalue weighted by Crippen LogP contribution is 2.32. The van der Waals surface area contributed by atoms with Gasteiger partial charge in [0.2, 0.25) is 0 Å². The molecule has 4 rings (SSSR count). The number of aromatic nitrogens is 3. The fourth-order valence-corrected chi connectivity index (χ4v) is 3.22. The monoisotopic (exact) mass is 344 g/mol. The average molecular weight is 345 g/mol. The van der Waals surface area contributed by atoms with E-state index in [0.29, 0.717) is 30.2 Å². The van der Waals surface area contributed by atoms with E-state index in [1.165, 1.54) is 0 Å². The first kappa shape index (κ1) is 15.4. The third-order valence-corrected chi connectivity index (χ3v) is 4.64. The van der Waals surface area contributed by atoms with E-state index in [4.69, 9.17) is 16.0 Å². The molecule has 124 valence electrons. The van der Waals surface area contributed by atoms with E-state index in [0.717, 1.165) is 23.6 Å². The molecular weight excluding hydrogens is 328 g/mol. The number of hydrogen-bond donors (Lipinski definition) is 2. The Morgan fingerprint density at radius 2 is 2.08 bits per heavy atom. The molecule has 1 aliphatic heterocycles. The summed E-state index contributed by atoms with van der Waals surface area (Å²) in [5.41, 5.74) is 0.635. The number of halogens is 1. The maximum atomic E-state index is 10.7. The zero-order valence-corrected chi connectivity index (χ0v) is 13.7. The molecule has 3 heterocycles. The molecule has 0 radical (unpaired) electrons. The summed E-state index contributed by atoms with van der Waals surface area (Å²) in [5.74, 6) is 1.68. The molecule has 0 bridgehead atoms. The minimum absolute atomic E-state index is 0.510. The molecule has 1 aromatic carbocycles. The third-order valence-electron chi connectivity index (χ3n) is 4.39. The lowest BCUT2D eigenvalue weighted by atomic mass is 10.0. The molecule has 2 aromatic heterocycles. The Hall–Kier alpha value is -2.15. The number of benzene rings is 1. The fourth-order valence-electron chi connectivity index (χ4n) is 3.09. The maximum absolute atomic E-state index is 10.7. The summed E-state index contributed by atoms with van der Waals surface area (Å²) in [6.45, 7) is 1.94. The van der Waals surface area contributed by atoms with Crippen molar-refractivity contribution in [2.24, 2.45) is 0 Å². The van der Waals surface area contributed by atoms with Crippen molar-refractivity contribution in [2.45, 2.75) is 18.6 Å². The first-order chi connectivity index (χ1) is 11.6. The van der Waals surface area contributed by atoms with E-state index >= 15 is 0 Å². The van der Waals surface area contributed by atoms with Gasteiger partial charge in [0.05, 0.1) is 12.7 Å². The van der Waals surface area contributed by atoms with Gasteiger partial charge in [0.15, 0.2) is 0 Å². The van der Waals surface area contributed by atoms with Gasteiger partial charge in [-0.2, -0.15) is 15.4 Å². The number of aliphatic hydroxyl groups is 1. The number of nitrogens with zero attached hydrogens (tertiary/aromatic N) is 3. The summed E-state index contributed by atoms with van der Waals surface area (Å²) >= 11 is 5.91. The summed E-state index contributed by atoms with van der Waals surface area (Å²) in [4.78, 5) is 2.15. The molecule has 0 spiro atoms. The molecule has 0 amide bonds. The second-order valence-corrected chi connectivity index (χ2v) is 6.56. The Kier molecular flexibility index (Phi) is 3.88. The van der Waals surface area contributed by atoms with Gasteiger partial charge in [-0.25, -0.2) is 0 Å². The van der Waals surface area contributed by atoms with Crippen LogP contribution in [0.25, 0.3) is 11.3 Å². The highest BCUT2D eigenvalue weighted by atomic mass is 35.5. The lowest BCUT2D eigenvalue weighted by Crippen LogP contribution is -2.30. The predicted molar refractivity (Wildman–Crippen MR) is 89.3 cm³/mol. The number of H-pyrrole nitrogens is 1. The molecule has 6 nitrogen and oxygen atoms in total. The molecule has 0 unspecified atom stereocenters. The van der Waals surface area contributed by atoms with Gasteiger partial charge in [-0.05, 0) is 42.8 Å². The lowest BCUT2D eigenvalue weighted by Gasteiger charge is -2.20. The highest BCUT2D eigenvalue weighted by molar-refractivity contribution is 6.30. The van der Waals surface area contributed by atoms with Gasteiger partial charge in [0.1, 0.15) is 22.8 Å². The van der Waals surface area contributed by atoms with E-state index in [1.807, 2.05) is 36.4 Å². The Labute approximate surface area is 144 Å². The molecule has 24 heavy (non-hydrogen) atoms. The number of hydrogen-bond acceptors (Lipinski definition) is 5.